The molecule has 2 rings (SSSR count). The van der Waals surface area contributed by atoms with Gasteiger partial charge in [-0.3, -0.25) is 5.10 Å². The van der Waals surface area contributed by atoms with E-state index in [1.807, 2.05) is 11.4 Å². The number of H-pyrrole nitrogens is 1. The highest BCUT2D eigenvalue weighted by atomic mass is 32.1. The van der Waals surface area contributed by atoms with Gasteiger partial charge in [-0.1, -0.05) is 6.92 Å². The normalized spacial score (nSPS) is 10.5. The summed E-state index contributed by atoms with van der Waals surface area (Å²) in [5, 5.41) is 11.2. The minimum Gasteiger partial charge on any atom is -0.263 e. The Labute approximate surface area is 80.8 Å². The van der Waals surface area contributed by atoms with Crippen LogP contribution >= 0.6 is 11.3 Å². The third-order valence-corrected chi connectivity index (χ3v) is 2.48. The third-order valence-electron chi connectivity index (χ3n) is 1.80. The van der Waals surface area contributed by atoms with Crippen LogP contribution in [0.3, 0.4) is 0 Å². The number of aromatic nitrogens is 3. The fraction of sp³-hybridized carbons (Fsp3) is 0.333. The molecule has 2 aromatic heterocycles. The van der Waals surface area contributed by atoms with Gasteiger partial charge in [-0.05, 0) is 17.9 Å². The van der Waals surface area contributed by atoms with Crippen LogP contribution in [0.25, 0.3) is 11.4 Å². The summed E-state index contributed by atoms with van der Waals surface area (Å²) in [4.78, 5) is 4.38. The average Bonchev–Trinajstić information content (AvgIpc) is 2.70. The zero-order valence-electron chi connectivity index (χ0n) is 7.45. The summed E-state index contributed by atoms with van der Waals surface area (Å²) in [6.07, 6.45) is 2.06. The molecule has 0 aromatic carbocycles. The van der Waals surface area contributed by atoms with E-state index in [2.05, 4.69) is 27.5 Å². The first-order valence-corrected chi connectivity index (χ1v) is 5.28. The molecular formula is C9H11N3S. The molecule has 0 aliphatic rings. The van der Waals surface area contributed by atoms with Crippen LogP contribution in [-0.4, -0.2) is 15.2 Å². The molecule has 0 amide bonds. The molecule has 2 aromatic rings. The molecule has 13 heavy (non-hydrogen) atoms. The Bertz CT molecular complexity index is 364. The number of hydrogen-bond acceptors (Lipinski definition) is 3. The van der Waals surface area contributed by atoms with E-state index in [-0.39, 0.29) is 0 Å². The lowest BCUT2D eigenvalue weighted by Gasteiger charge is -1.86. The lowest BCUT2D eigenvalue weighted by Crippen LogP contribution is -1.84. The first-order valence-electron chi connectivity index (χ1n) is 4.34. The first-order chi connectivity index (χ1) is 6.40. The van der Waals surface area contributed by atoms with Gasteiger partial charge < -0.3 is 0 Å². The van der Waals surface area contributed by atoms with Crippen molar-refractivity contribution in [3.8, 4) is 11.4 Å². The molecular weight excluding hydrogens is 182 g/mol. The summed E-state index contributed by atoms with van der Waals surface area (Å²) in [6.45, 7) is 2.13. The monoisotopic (exact) mass is 193 g/mol. The standard InChI is InChI=1S/C9H11N3S/c1-2-3-8-10-9(12-11-8)7-4-5-13-6-7/h4-6H,2-3H2,1H3,(H,10,11,12). The minimum absolute atomic E-state index is 0.810. The van der Waals surface area contributed by atoms with Crippen molar-refractivity contribution in [3.63, 3.8) is 0 Å². The molecule has 68 valence electrons. The van der Waals surface area contributed by atoms with E-state index in [1.165, 1.54) is 0 Å². The van der Waals surface area contributed by atoms with Crippen LogP contribution < -0.4 is 0 Å². The predicted octanol–water partition coefficient (Wildman–Crippen LogP) is 2.49. The van der Waals surface area contributed by atoms with Crippen molar-refractivity contribution < 1.29 is 0 Å². The second kappa shape index (κ2) is 3.70. The van der Waals surface area contributed by atoms with Gasteiger partial charge in [0.15, 0.2) is 5.82 Å². The molecule has 0 saturated heterocycles. The van der Waals surface area contributed by atoms with E-state index >= 15 is 0 Å². The highest BCUT2D eigenvalue weighted by Gasteiger charge is 2.04. The third kappa shape index (κ3) is 1.78. The van der Waals surface area contributed by atoms with Crippen LogP contribution in [0.15, 0.2) is 16.8 Å². The van der Waals surface area contributed by atoms with Crippen LogP contribution in [0.2, 0.25) is 0 Å². The first kappa shape index (κ1) is 8.44. The molecule has 2 heterocycles. The molecule has 0 aliphatic carbocycles. The number of nitrogens with one attached hydrogen (secondary N) is 1. The lowest BCUT2D eigenvalue weighted by atomic mass is 10.3. The molecule has 0 aliphatic heterocycles. The highest BCUT2D eigenvalue weighted by molar-refractivity contribution is 7.08. The second-order valence-corrected chi connectivity index (χ2v) is 3.65. The number of rotatable bonds is 3. The Morgan fingerprint density at radius 1 is 1.54 bits per heavy atom. The Balaban J connectivity index is 2.23. The quantitative estimate of drug-likeness (QED) is 0.813. The zero-order chi connectivity index (χ0) is 9.10. The molecule has 0 fully saturated rings. The summed E-state index contributed by atoms with van der Waals surface area (Å²) in [6, 6.07) is 2.03. The van der Waals surface area contributed by atoms with Gasteiger partial charge in [0.05, 0.1) is 0 Å². The zero-order valence-corrected chi connectivity index (χ0v) is 8.27. The number of thiophene rings is 1. The van der Waals surface area contributed by atoms with Gasteiger partial charge >= 0.3 is 0 Å². The van der Waals surface area contributed by atoms with Gasteiger partial charge in [0.1, 0.15) is 5.82 Å². The van der Waals surface area contributed by atoms with Crippen molar-refractivity contribution in [2.75, 3.05) is 0 Å². The smallest absolute Gasteiger partial charge is 0.181 e. The Morgan fingerprint density at radius 3 is 3.15 bits per heavy atom. The Kier molecular flexibility index (Phi) is 2.40. The summed E-state index contributed by atoms with van der Waals surface area (Å²) in [5.74, 6) is 1.79. The molecule has 3 nitrogen and oxygen atoms in total. The molecule has 0 unspecified atom stereocenters. The molecule has 0 spiro atoms. The Hall–Kier alpha value is -1.16. The number of aromatic amines is 1. The topological polar surface area (TPSA) is 41.6 Å². The van der Waals surface area contributed by atoms with Crippen molar-refractivity contribution >= 4 is 11.3 Å². The fourth-order valence-electron chi connectivity index (χ4n) is 1.16. The van der Waals surface area contributed by atoms with Crippen LogP contribution in [0.5, 0.6) is 0 Å². The molecule has 4 heteroatoms. The van der Waals surface area contributed by atoms with Crippen LogP contribution in [0.1, 0.15) is 19.2 Å². The maximum absolute atomic E-state index is 4.38. The molecule has 1 N–H and O–H groups in total. The predicted molar refractivity (Wildman–Crippen MR) is 53.7 cm³/mol. The van der Waals surface area contributed by atoms with Crippen molar-refractivity contribution in [3.05, 3.63) is 22.7 Å². The average molecular weight is 193 g/mol. The molecule has 0 saturated carbocycles. The van der Waals surface area contributed by atoms with Gasteiger partial charge in [0.25, 0.3) is 0 Å². The summed E-state index contributed by atoms with van der Waals surface area (Å²) in [7, 11) is 0. The van der Waals surface area contributed by atoms with E-state index in [4.69, 9.17) is 0 Å². The molecule has 0 atom stereocenters. The maximum Gasteiger partial charge on any atom is 0.181 e. The highest BCUT2D eigenvalue weighted by Crippen LogP contribution is 2.17. The second-order valence-electron chi connectivity index (χ2n) is 2.87. The van der Waals surface area contributed by atoms with E-state index in [1.54, 1.807) is 11.3 Å². The van der Waals surface area contributed by atoms with E-state index < -0.39 is 0 Å². The van der Waals surface area contributed by atoms with Crippen molar-refractivity contribution in [2.24, 2.45) is 0 Å². The van der Waals surface area contributed by atoms with Crippen molar-refractivity contribution in [2.45, 2.75) is 19.8 Å². The fourth-order valence-corrected chi connectivity index (χ4v) is 1.80. The van der Waals surface area contributed by atoms with Crippen molar-refractivity contribution in [1.29, 1.82) is 0 Å². The van der Waals surface area contributed by atoms with E-state index in [0.29, 0.717) is 0 Å². The number of aryl methyl sites for hydroxylation is 1. The minimum atomic E-state index is 0.810. The maximum atomic E-state index is 4.38. The Morgan fingerprint density at radius 2 is 2.46 bits per heavy atom. The van der Waals surface area contributed by atoms with Gasteiger partial charge in [-0.15, -0.1) is 0 Å². The molecule has 0 bridgehead atoms. The van der Waals surface area contributed by atoms with Crippen molar-refractivity contribution in [1.82, 2.24) is 15.2 Å². The number of hydrogen-bond donors (Lipinski definition) is 1. The van der Waals surface area contributed by atoms with Crippen LogP contribution in [-0.2, 0) is 6.42 Å². The largest absolute Gasteiger partial charge is 0.263 e. The van der Waals surface area contributed by atoms with Crippen LogP contribution in [0, 0.1) is 0 Å². The van der Waals surface area contributed by atoms with Gasteiger partial charge in [-0.2, -0.15) is 16.4 Å². The van der Waals surface area contributed by atoms with E-state index in [0.717, 1.165) is 30.1 Å². The van der Waals surface area contributed by atoms with E-state index in [9.17, 15) is 0 Å². The van der Waals surface area contributed by atoms with Crippen LogP contribution in [0.4, 0.5) is 0 Å². The van der Waals surface area contributed by atoms with Gasteiger partial charge in [0, 0.05) is 17.4 Å². The molecule has 0 radical (unpaired) electrons. The summed E-state index contributed by atoms with van der Waals surface area (Å²) >= 11 is 1.66. The summed E-state index contributed by atoms with van der Waals surface area (Å²) < 4.78 is 0. The number of nitrogens with zero attached hydrogens (tertiary/aromatic N) is 2. The van der Waals surface area contributed by atoms with Gasteiger partial charge in [0.2, 0.25) is 0 Å². The lowest BCUT2D eigenvalue weighted by molar-refractivity contribution is 0.841. The SMILES string of the molecule is CCCc1nc(-c2ccsc2)n[nH]1. The summed E-state index contributed by atoms with van der Waals surface area (Å²) in [5.41, 5.74) is 1.10. The van der Waals surface area contributed by atoms with Gasteiger partial charge in [-0.25, -0.2) is 4.98 Å².